The smallest absolute Gasteiger partial charge is 0.253 e. The molecule has 0 saturated carbocycles. The highest BCUT2D eigenvalue weighted by Gasteiger charge is 2.28. The van der Waals surface area contributed by atoms with Gasteiger partial charge in [-0.1, -0.05) is 12.1 Å². The van der Waals surface area contributed by atoms with Crippen LogP contribution < -0.4 is 10.5 Å². The lowest BCUT2D eigenvalue weighted by atomic mass is 9.95. The van der Waals surface area contributed by atoms with Gasteiger partial charge in [0.1, 0.15) is 0 Å². The fourth-order valence-electron chi connectivity index (χ4n) is 4.11. The Bertz CT molecular complexity index is 899. The Morgan fingerprint density at radius 1 is 1.11 bits per heavy atom. The van der Waals surface area contributed by atoms with Crippen LogP contribution in [0.2, 0.25) is 0 Å². The molecule has 1 unspecified atom stereocenters. The number of fused-ring (bicyclic) bond motifs is 1. The number of aryl methyl sites for hydroxylation is 3. The number of nitrogens with zero attached hydrogens (tertiary/aromatic N) is 2. The molecule has 1 saturated heterocycles. The molecule has 1 aromatic heterocycles. The van der Waals surface area contributed by atoms with Gasteiger partial charge in [0.05, 0.1) is 12.6 Å². The van der Waals surface area contributed by atoms with E-state index in [0.29, 0.717) is 13.0 Å². The second kappa shape index (κ2) is 7.31. The van der Waals surface area contributed by atoms with Gasteiger partial charge in [-0.2, -0.15) is 0 Å². The maximum absolute atomic E-state index is 12.7. The van der Waals surface area contributed by atoms with Crippen molar-refractivity contribution in [2.75, 3.05) is 18.1 Å². The van der Waals surface area contributed by atoms with Gasteiger partial charge in [-0.15, -0.1) is 0 Å². The highest BCUT2D eigenvalue weighted by atomic mass is 16.5. The summed E-state index contributed by atoms with van der Waals surface area (Å²) in [6.45, 7) is 3.25. The van der Waals surface area contributed by atoms with E-state index in [1.54, 1.807) is 11.6 Å². The number of hydrogen-bond donors (Lipinski definition) is 0. The molecule has 4 rings (SSSR count). The minimum atomic E-state index is 0.0166. The Morgan fingerprint density at radius 3 is 2.70 bits per heavy atom. The highest BCUT2D eigenvalue weighted by molar-refractivity contribution is 5.97. The number of carbonyl (C=O) groups is 1. The van der Waals surface area contributed by atoms with Crippen molar-refractivity contribution < 1.29 is 9.53 Å². The minimum absolute atomic E-state index is 0.0166. The fourth-order valence-corrected chi connectivity index (χ4v) is 4.11. The average Bonchev–Trinajstić information content (AvgIpc) is 2.68. The predicted octanol–water partition coefficient (Wildman–Crippen LogP) is 3.21. The van der Waals surface area contributed by atoms with Gasteiger partial charge >= 0.3 is 0 Å². The van der Waals surface area contributed by atoms with Crippen LogP contribution in [0, 0.1) is 6.92 Å². The molecule has 142 valence electrons. The van der Waals surface area contributed by atoms with Crippen molar-refractivity contribution in [1.29, 1.82) is 0 Å². The number of carbonyl (C=O) groups excluding carboxylic acids is 1. The summed E-state index contributed by atoms with van der Waals surface area (Å²) in [6, 6.07) is 8.22. The van der Waals surface area contributed by atoms with Crippen molar-refractivity contribution in [3.8, 4) is 11.1 Å². The standard InChI is InChI=1S/C22H26N2O3/c1-15-11-18(13-23(2)22(15)26)17-7-6-16-8-9-21(25)24(20(16)12-17)14-19-5-3-4-10-27-19/h6-7,11-13,19H,3-5,8-10,14H2,1-2H3. The number of benzene rings is 1. The maximum atomic E-state index is 12.7. The zero-order valence-electron chi connectivity index (χ0n) is 16.0. The Balaban J connectivity index is 1.70. The van der Waals surface area contributed by atoms with Crippen LogP contribution in [0.25, 0.3) is 11.1 Å². The molecule has 0 bridgehead atoms. The molecule has 0 N–H and O–H groups in total. The van der Waals surface area contributed by atoms with Crippen LogP contribution in [0.3, 0.4) is 0 Å². The Labute approximate surface area is 159 Å². The normalized spacial score (nSPS) is 19.9. The van der Waals surface area contributed by atoms with E-state index in [2.05, 4.69) is 18.2 Å². The van der Waals surface area contributed by atoms with E-state index in [1.807, 2.05) is 24.1 Å². The molecule has 3 heterocycles. The first-order valence-electron chi connectivity index (χ1n) is 9.75. The molecular formula is C22H26N2O3. The summed E-state index contributed by atoms with van der Waals surface area (Å²) in [5.41, 5.74) is 4.94. The molecule has 2 aliphatic heterocycles. The van der Waals surface area contributed by atoms with E-state index in [0.717, 1.165) is 54.7 Å². The van der Waals surface area contributed by atoms with Crippen LogP contribution in [0.4, 0.5) is 5.69 Å². The van der Waals surface area contributed by atoms with Crippen molar-refractivity contribution in [1.82, 2.24) is 4.57 Å². The van der Waals surface area contributed by atoms with E-state index in [4.69, 9.17) is 4.74 Å². The summed E-state index contributed by atoms with van der Waals surface area (Å²) in [7, 11) is 1.77. The summed E-state index contributed by atoms with van der Waals surface area (Å²) in [5.74, 6) is 0.172. The van der Waals surface area contributed by atoms with Gasteiger partial charge in [-0.25, -0.2) is 0 Å². The van der Waals surface area contributed by atoms with Crippen LogP contribution in [-0.2, 0) is 23.0 Å². The van der Waals surface area contributed by atoms with E-state index in [1.165, 1.54) is 5.56 Å². The lowest BCUT2D eigenvalue weighted by molar-refractivity contribution is -0.119. The molecule has 2 aromatic rings. The molecular weight excluding hydrogens is 340 g/mol. The molecule has 5 nitrogen and oxygen atoms in total. The van der Waals surface area contributed by atoms with Crippen LogP contribution >= 0.6 is 0 Å². The number of aromatic nitrogens is 1. The highest BCUT2D eigenvalue weighted by Crippen LogP contribution is 2.33. The second-order valence-electron chi connectivity index (χ2n) is 7.66. The Kier molecular flexibility index (Phi) is 4.87. The van der Waals surface area contributed by atoms with Crippen LogP contribution in [0.1, 0.15) is 36.8 Å². The van der Waals surface area contributed by atoms with Gasteiger partial charge in [0.2, 0.25) is 5.91 Å². The van der Waals surface area contributed by atoms with Gasteiger partial charge in [-0.3, -0.25) is 9.59 Å². The van der Waals surface area contributed by atoms with Gasteiger partial charge in [0.15, 0.2) is 0 Å². The van der Waals surface area contributed by atoms with Crippen molar-refractivity contribution in [3.05, 3.63) is 51.9 Å². The molecule has 0 spiro atoms. The lowest BCUT2D eigenvalue weighted by Crippen LogP contribution is -2.42. The zero-order chi connectivity index (χ0) is 19.0. The molecule has 27 heavy (non-hydrogen) atoms. The summed E-state index contributed by atoms with van der Waals surface area (Å²) in [6.07, 6.45) is 6.60. The number of rotatable bonds is 3. The Hall–Kier alpha value is -2.40. The first-order chi connectivity index (χ1) is 13.0. The van der Waals surface area contributed by atoms with Crippen LogP contribution in [0.5, 0.6) is 0 Å². The predicted molar refractivity (Wildman–Crippen MR) is 106 cm³/mol. The minimum Gasteiger partial charge on any atom is -0.376 e. The molecule has 5 heteroatoms. The maximum Gasteiger partial charge on any atom is 0.253 e. The third kappa shape index (κ3) is 3.56. The molecule has 2 aliphatic rings. The number of anilines is 1. The molecule has 1 aromatic carbocycles. The first-order valence-corrected chi connectivity index (χ1v) is 9.75. The summed E-state index contributed by atoms with van der Waals surface area (Å²) < 4.78 is 7.49. The van der Waals surface area contributed by atoms with E-state index in [9.17, 15) is 9.59 Å². The molecule has 1 fully saturated rings. The molecule has 0 radical (unpaired) electrons. The number of pyridine rings is 1. The SMILES string of the molecule is Cc1cc(-c2ccc3c(c2)N(CC2CCCCO2)C(=O)CC3)cn(C)c1=O. The topological polar surface area (TPSA) is 51.5 Å². The van der Waals surface area contributed by atoms with E-state index < -0.39 is 0 Å². The van der Waals surface area contributed by atoms with E-state index >= 15 is 0 Å². The quantitative estimate of drug-likeness (QED) is 0.838. The molecule has 1 amide bonds. The first kappa shape index (κ1) is 18.0. The second-order valence-corrected chi connectivity index (χ2v) is 7.66. The summed E-state index contributed by atoms with van der Waals surface area (Å²) >= 11 is 0. The van der Waals surface area contributed by atoms with Crippen molar-refractivity contribution in [2.24, 2.45) is 7.05 Å². The average molecular weight is 366 g/mol. The van der Waals surface area contributed by atoms with Gasteiger partial charge in [0, 0.05) is 37.5 Å². The fraction of sp³-hybridized carbons (Fsp3) is 0.455. The summed E-state index contributed by atoms with van der Waals surface area (Å²) in [5, 5.41) is 0. The van der Waals surface area contributed by atoms with Gasteiger partial charge < -0.3 is 14.2 Å². The van der Waals surface area contributed by atoms with Crippen LogP contribution in [-0.4, -0.2) is 29.7 Å². The van der Waals surface area contributed by atoms with Crippen molar-refractivity contribution in [2.45, 2.75) is 45.1 Å². The number of hydrogen-bond acceptors (Lipinski definition) is 3. The third-order valence-electron chi connectivity index (χ3n) is 5.64. The number of ether oxygens (including phenoxy) is 1. The third-order valence-corrected chi connectivity index (χ3v) is 5.64. The van der Waals surface area contributed by atoms with E-state index in [-0.39, 0.29) is 17.6 Å². The van der Waals surface area contributed by atoms with Crippen molar-refractivity contribution in [3.63, 3.8) is 0 Å². The van der Waals surface area contributed by atoms with Gasteiger partial charge in [-0.05, 0) is 61.4 Å². The van der Waals surface area contributed by atoms with Crippen molar-refractivity contribution >= 4 is 11.6 Å². The molecule has 0 aliphatic carbocycles. The van der Waals surface area contributed by atoms with Crippen LogP contribution in [0.15, 0.2) is 35.3 Å². The number of amides is 1. The lowest BCUT2D eigenvalue weighted by Gasteiger charge is -2.34. The largest absolute Gasteiger partial charge is 0.376 e. The Morgan fingerprint density at radius 2 is 1.96 bits per heavy atom. The summed E-state index contributed by atoms with van der Waals surface area (Å²) in [4.78, 5) is 26.6. The molecule has 1 atom stereocenters. The monoisotopic (exact) mass is 366 g/mol. The van der Waals surface area contributed by atoms with Gasteiger partial charge in [0.25, 0.3) is 5.56 Å². The zero-order valence-corrected chi connectivity index (χ0v) is 16.0.